The fourth-order valence-corrected chi connectivity index (χ4v) is 3.54. The van der Waals surface area contributed by atoms with Crippen molar-refractivity contribution in [2.45, 2.75) is 113 Å². The van der Waals surface area contributed by atoms with E-state index in [1.54, 1.807) is 12.2 Å². The van der Waals surface area contributed by atoms with Crippen LogP contribution < -0.4 is 21.3 Å². The van der Waals surface area contributed by atoms with Crippen LogP contribution in [0.5, 0.6) is 0 Å². The van der Waals surface area contributed by atoms with Crippen molar-refractivity contribution in [2.24, 2.45) is 5.92 Å². The monoisotopic (exact) mass is 655 g/mol. The molecule has 0 bridgehead atoms. The van der Waals surface area contributed by atoms with Crippen molar-refractivity contribution in [3.63, 3.8) is 0 Å². The lowest BCUT2D eigenvalue weighted by molar-refractivity contribution is -0.107. The van der Waals surface area contributed by atoms with Crippen molar-refractivity contribution in [3.8, 4) is 0 Å². The smallest absolute Gasteiger partial charge is 0.119 e. The van der Waals surface area contributed by atoms with Gasteiger partial charge in [-0.05, 0) is 62.9 Å². The van der Waals surface area contributed by atoms with Crippen molar-refractivity contribution in [1.82, 2.24) is 16.0 Å². The van der Waals surface area contributed by atoms with Gasteiger partial charge in [-0.1, -0.05) is 144 Å². The first-order valence-corrected chi connectivity index (χ1v) is 17.3. The average Bonchev–Trinajstić information content (AvgIpc) is 3.08. The third-order valence-corrected chi connectivity index (χ3v) is 5.70. The molecule has 0 amide bonds. The summed E-state index contributed by atoms with van der Waals surface area (Å²) >= 11 is 0. The predicted molar refractivity (Wildman–Crippen MR) is 214 cm³/mol. The van der Waals surface area contributed by atoms with E-state index >= 15 is 0 Å². The predicted octanol–water partition coefficient (Wildman–Crippen LogP) is 10.3. The molecule has 0 heterocycles. The minimum Gasteiger partial charge on any atom is -0.382 e. The first-order chi connectivity index (χ1) is 22.6. The molecule has 1 rings (SSSR count). The Morgan fingerprint density at radius 3 is 1.77 bits per heavy atom. The molecule has 1 unspecified atom stereocenters. The molecule has 0 aliphatic rings. The second-order valence-corrected chi connectivity index (χ2v) is 10.6. The van der Waals surface area contributed by atoms with E-state index in [1.807, 2.05) is 46.8 Å². The molecule has 1 aromatic carbocycles. The summed E-state index contributed by atoms with van der Waals surface area (Å²) in [6.45, 7) is 40.0. The van der Waals surface area contributed by atoms with E-state index in [0.717, 1.165) is 54.9 Å². The van der Waals surface area contributed by atoms with Crippen LogP contribution in [0.25, 0.3) is 0 Å². The van der Waals surface area contributed by atoms with Gasteiger partial charge < -0.3 is 30.9 Å². The highest BCUT2D eigenvalue weighted by molar-refractivity contribution is 5.49. The van der Waals surface area contributed by atoms with Gasteiger partial charge >= 0.3 is 0 Å². The van der Waals surface area contributed by atoms with Gasteiger partial charge in [0.05, 0.1) is 12.6 Å². The number of hydrogen-bond acceptors (Lipinski definition) is 6. The van der Waals surface area contributed by atoms with Crippen LogP contribution in [0.4, 0.5) is 5.69 Å². The van der Waals surface area contributed by atoms with Gasteiger partial charge in [0.15, 0.2) is 0 Å². The first kappa shape index (κ1) is 52.9. The van der Waals surface area contributed by atoms with E-state index in [-0.39, 0.29) is 6.04 Å². The van der Waals surface area contributed by atoms with Gasteiger partial charge in [-0.15, -0.1) is 0 Å². The van der Waals surface area contributed by atoms with Gasteiger partial charge in [0.2, 0.25) is 0 Å². The highest BCUT2D eigenvalue weighted by Crippen LogP contribution is 2.15. The third kappa shape index (κ3) is 40.3. The number of anilines is 1. The van der Waals surface area contributed by atoms with Crippen LogP contribution in [0.2, 0.25) is 0 Å². The number of unbranched alkanes of at least 4 members (excludes halogenated alkanes) is 2. The fourth-order valence-electron chi connectivity index (χ4n) is 3.54. The molecule has 1 atom stereocenters. The molecule has 1 aromatic rings. The zero-order chi connectivity index (χ0) is 37.3. The van der Waals surface area contributed by atoms with Crippen molar-refractivity contribution in [1.29, 1.82) is 0 Å². The molecule has 6 heteroatoms. The molecule has 0 aliphatic heterocycles. The highest BCUT2D eigenvalue weighted by Gasteiger charge is 2.17. The topological polar surface area (TPSA) is 82.3 Å². The Kier molecular flexibility index (Phi) is 50.0. The van der Waals surface area contributed by atoms with Gasteiger partial charge in [-0.3, -0.25) is 0 Å². The summed E-state index contributed by atoms with van der Waals surface area (Å²) in [5.74, 6) is 0.415. The molecule has 270 valence electrons. The van der Waals surface area contributed by atoms with Crippen LogP contribution in [0.1, 0.15) is 106 Å². The molecule has 0 aromatic heterocycles. The molecule has 0 radical (unpaired) electrons. The quantitative estimate of drug-likeness (QED) is 0.0636. The summed E-state index contributed by atoms with van der Waals surface area (Å²) < 4.78 is 0. The van der Waals surface area contributed by atoms with Crippen LogP contribution in [0, 0.1) is 5.92 Å². The third-order valence-electron chi connectivity index (χ3n) is 5.70. The Labute approximate surface area is 292 Å². The SMILES string of the molecule is C=C(CNC(=C)C(NC(=C)CCCCCNC)C(C)C)Nc1ccc(CCC)cc1.C=C/C=C\C=C.C=O.CC.CCC.CCC=O. The lowest BCUT2D eigenvalue weighted by atomic mass is 10.0. The molecule has 6 nitrogen and oxygen atoms in total. The number of carbonyl (C=O) groups is 2. The van der Waals surface area contributed by atoms with Gasteiger partial charge in [-0.2, -0.15) is 0 Å². The number of hydrogen-bond donors (Lipinski definition) is 4. The molecule has 0 aliphatic carbocycles. The molecule has 47 heavy (non-hydrogen) atoms. The average molecular weight is 655 g/mol. The molecule has 4 N–H and O–H groups in total. The molecular formula is C41H74N4O2. The van der Waals surface area contributed by atoms with Crippen molar-refractivity contribution in [3.05, 3.63) is 104 Å². The summed E-state index contributed by atoms with van der Waals surface area (Å²) in [5.41, 5.74) is 5.42. The molecule has 0 spiro atoms. The second-order valence-electron chi connectivity index (χ2n) is 10.6. The summed E-state index contributed by atoms with van der Waals surface area (Å²) in [4.78, 5) is 17.2. The number of nitrogens with one attached hydrogen (secondary N) is 4. The van der Waals surface area contributed by atoms with Gasteiger partial charge in [0, 0.05) is 29.2 Å². The van der Waals surface area contributed by atoms with E-state index in [4.69, 9.17) is 4.79 Å². The summed E-state index contributed by atoms with van der Waals surface area (Å²) in [6, 6.07) is 8.73. The highest BCUT2D eigenvalue weighted by atomic mass is 16.1. The lowest BCUT2D eigenvalue weighted by Crippen LogP contribution is -2.40. The zero-order valence-corrected chi connectivity index (χ0v) is 32.0. The lowest BCUT2D eigenvalue weighted by Gasteiger charge is -2.28. The number of carbonyl (C=O) groups excluding carboxylic acids is 2. The van der Waals surface area contributed by atoms with E-state index in [1.165, 1.54) is 31.2 Å². The number of rotatable bonds is 20. The molecule has 0 fully saturated rings. The Bertz CT molecular complexity index is 895. The largest absolute Gasteiger partial charge is 0.382 e. The summed E-state index contributed by atoms with van der Waals surface area (Å²) in [7, 11) is 2.00. The van der Waals surface area contributed by atoms with Gasteiger partial charge in [0.1, 0.15) is 13.1 Å². The van der Waals surface area contributed by atoms with E-state index in [9.17, 15) is 4.79 Å². The maximum atomic E-state index is 9.17. The van der Waals surface area contributed by atoms with Crippen molar-refractivity contribution < 1.29 is 9.59 Å². The molecular weight excluding hydrogens is 580 g/mol. The van der Waals surface area contributed by atoms with Crippen LogP contribution in [-0.2, 0) is 16.0 Å². The fraction of sp³-hybridized carbons (Fsp3) is 0.512. The Balaban J connectivity index is -0.000000286. The minimum absolute atomic E-state index is 0.149. The van der Waals surface area contributed by atoms with E-state index in [0.29, 0.717) is 18.9 Å². The van der Waals surface area contributed by atoms with Crippen LogP contribution >= 0.6 is 0 Å². The first-order valence-electron chi connectivity index (χ1n) is 17.3. The van der Waals surface area contributed by atoms with Crippen LogP contribution in [-0.4, -0.2) is 39.3 Å². The normalized spacial score (nSPS) is 9.74. The minimum atomic E-state index is 0.149. The number of aldehydes is 1. The zero-order valence-electron chi connectivity index (χ0n) is 32.0. The molecule has 0 saturated heterocycles. The Morgan fingerprint density at radius 2 is 1.36 bits per heavy atom. The van der Waals surface area contributed by atoms with E-state index < -0.39 is 0 Å². The maximum absolute atomic E-state index is 9.17. The standard InChI is InChI=1S/C26H44N4.C6H8.C3H6O.C3H8.C2H6.CH2O/c1-8-12-24-14-16-25(17-15-24)29-22(5)19-28-23(6)26(20(2)3)30-21(4)13-10-9-11-18-27-7;1-3-5-6-4-2;1-2-3-4;1-3-2;2*1-2/h14-17,20,26-30H,4-6,8-13,18-19H2,1-3,7H3;3-6H,1-2H2;3H,2H2,1H3;3H2,1-2H3;1-2H3;1H2/b;6-5-;;;;. The van der Waals surface area contributed by atoms with Crippen molar-refractivity contribution in [2.75, 3.05) is 25.5 Å². The van der Waals surface area contributed by atoms with Crippen molar-refractivity contribution >= 4 is 18.8 Å². The summed E-state index contributed by atoms with van der Waals surface area (Å²) in [6.07, 6.45) is 16.7. The van der Waals surface area contributed by atoms with Crippen LogP contribution in [0.15, 0.2) is 98.6 Å². The Morgan fingerprint density at radius 1 is 0.851 bits per heavy atom. The van der Waals surface area contributed by atoms with Gasteiger partial charge in [0.25, 0.3) is 0 Å². The van der Waals surface area contributed by atoms with Gasteiger partial charge in [-0.25, -0.2) is 0 Å². The van der Waals surface area contributed by atoms with E-state index in [2.05, 4.69) is 113 Å². The summed E-state index contributed by atoms with van der Waals surface area (Å²) in [5, 5.41) is 13.6. The van der Waals surface area contributed by atoms with Crippen LogP contribution in [0.3, 0.4) is 0 Å². The second kappa shape index (κ2) is 44.5. The maximum Gasteiger partial charge on any atom is 0.119 e. The number of benzene rings is 1. The molecule has 0 saturated carbocycles. The number of aryl methyl sites for hydroxylation is 1. The number of allylic oxidation sites excluding steroid dienone is 5. The Hall–Kier alpha value is -3.64.